The molecule has 1 heteroatoms. The van der Waals surface area contributed by atoms with Crippen molar-refractivity contribution in [2.75, 3.05) is 0 Å². The molecule has 0 fully saturated rings. The minimum absolute atomic E-state index is 0. The summed E-state index contributed by atoms with van der Waals surface area (Å²) in [6.45, 7) is 13.7. The van der Waals surface area contributed by atoms with E-state index in [-0.39, 0.29) is 29.7 Å². The Bertz CT molecular complexity index is 19.2. The summed E-state index contributed by atoms with van der Waals surface area (Å²) >= 11 is 0. The van der Waals surface area contributed by atoms with Crippen LogP contribution in [0.2, 0.25) is 0 Å². The number of carbonyl (C=O) groups is 1. The Balaban J connectivity index is -0.00000000530. The molecule has 0 aliphatic rings. The van der Waals surface area contributed by atoms with E-state index < -0.39 is 0 Å². The van der Waals surface area contributed by atoms with Gasteiger partial charge in [-0.1, -0.05) is 77.7 Å². The highest BCUT2D eigenvalue weighted by molar-refractivity contribution is 5.44. The molecular formula is C13H40O. The van der Waals surface area contributed by atoms with E-state index in [1.54, 1.807) is 0 Å². The Hall–Kier alpha value is -0.330. The number of hydrogen-bond acceptors (Lipinski definition) is 1. The molecule has 0 saturated heterocycles. The van der Waals surface area contributed by atoms with Gasteiger partial charge in [-0.15, -0.1) is 0 Å². The van der Waals surface area contributed by atoms with Crippen LogP contribution in [-0.2, 0) is 4.79 Å². The lowest BCUT2D eigenvalue weighted by Crippen LogP contribution is -1.36. The van der Waals surface area contributed by atoms with E-state index in [2.05, 4.69) is 13.8 Å². The van der Waals surface area contributed by atoms with Gasteiger partial charge in [-0.05, 0) is 6.92 Å². The maximum Gasteiger partial charge on any atom is 0.116 e. The Morgan fingerprint density at radius 2 is 0.786 bits per heavy atom. The molecule has 0 atom stereocenters. The molecule has 0 aromatic carbocycles. The molecule has 0 spiro atoms. The van der Waals surface area contributed by atoms with Gasteiger partial charge in [-0.3, -0.25) is 0 Å². The van der Waals surface area contributed by atoms with E-state index in [9.17, 15) is 0 Å². The first-order chi connectivity index (χ1) is 4.83. The van der Waals surface area contributed by atoms with E-state index in [0.29, 0.717) is 0 Å². The van der Waals surface area contributed by atoms with Crippen LogP contribution in [-0.4, -0.2) is 6.29 Å². The molecule has 0 saturated carbocycles. The summed E-state index contributed by atoms with van der Waals surface area (Å²) in [7, 11) is 0. The van der Waals surface area contributed by atoms with Gasteiger partial charge in [0.25, 0.3) is 0 Å². The van der Waals surface area contributed by atoms with E-state index in [1.807, 2.05) is 27.7 Å². The molecule has 0 aromatic heterocycles. The van der Waals surface area contributed by atoms with Crippen molar-refractivity contribution in [3.05, 3.63) is 0 Å². The topological polar surface area (TPSA) is 17.1 Å². The summed E-state index contributed by atoms with van der Waals surface area (Å²) in [6, 6.07) is 0. The van der Waals surface area contributed by atoms with Gasteiger partial charge >= 0.3 is 0 Å². The molecule has 0 radical (unpaired) electrons. The molecule has 0 heterocycles. The largest absolute Gasteiger partial charge is 0.304 e. The van der Waals surface area contributed by atoms with Crippen LogP contribution in [0.4, 0.5) is 0 Å². The van der Waals surface area contributed by atoms with Crippen molar-refractivity contribution in [3.8, 4) is 0 Å². The van der Waals surface area contributed by atoms with E-state index in [0.717, 1.165) is 6.29 Å². The maximum atomic E-state index is 8.81. The maximum absolute atomic E-state index is 8.81. The second kappa shape index (κ2) is 619. The number of hydrogen-bond donors (Lipinski definition) is 0. The van der Waals surface area contributed by atoms with Gasteiger partial charge in [-0.2, -0.15) is 0 Å². The zero-order chi connectivity index (χ0) is 9.41. The lowest BCUT2D eigenvalue weighted by Gasteiger charge is -1.48. The van der Waals surface area contributed by atoms with Crippen molar-refractivity contribution >= 4 is 6.29 Å². The molecule has 0 rings (SSSR count). The number of rotatable bonds is 0. The van der Waals surface area contributed by atoms with Gasteiger partial charge in [0.2, 0.25) is 0 Å². The molecule has 0 amide bonds. The standard InChI is InChI=1S/C3H8.C2H4O.2C2H6.4CH4/c1-3-2;1-2-3;2*1-2;;;;/h3H2,1-2H3;2H,1H3;2*1-2H3;4*1H4. The first kappa shape index (κ1) is 68.3. The monoisotopic (exact) mass is 212 g/mol. The van der Waals surface area contributed by atoms with Crippen LogP contribution < -0.4 is 0 Å². The van der Waals surface area contributed by atoms with Crippen molar-refractivity contribution in [2.24, 2.45) is 0 Å². The van der Waals surface area contributed by atoms with Crippen LogP contribution in [0.25, 0.3) is 0 Å². The van der Waals surface area contributed by atoms with Gasteiger partial charge in [0.15, 0.2) is 0 Å². The molecule has 0 aliphatic carbocycles. The van der Waals surface area contributed by atoms with Crippen LogP contribution in [0.15, 0.2) is 0 Å². The molecule has 98 valence electrons. The predicted octanol–water partition coefficient (Wildman–Crippen LogP) is 6.22. The molecule has 1 nitrogen and oxygen atoms in total. The van der Waals surface area contributed by atoms with Crippen LogP contribution in [0.3, 0.4) is 0 Å². The third-order valence-electron chi connectivity index (χ3n) is 0. The fourth-order valence-electron chi connectivity index (χ4n) is 0. The molecular weight excluding hydrogens is 172 g/mol. The van der Waals surface area contributed by atoms with E-state index >= 15 is 0 Å². The number of carbonyl (C=O) groups excluding carboxylic acids is 1. The normalized spacial score (nSPS) is 3.07. The first-order valence-corrected chi connectivity index (χ1v) is 4.23. The van der Waals surface area contributed by atoms with Crippen LogP contribution >= 0.6 is 0 Å². The Morgan fingerprint density at radius 3 is 0.786 bits per heavy atom. The molecule has 14 heavy (non-hydrogen) atoms. The highest BCUT2D eigenvalue weighted by atomic mass is 16.1. The summed E-state index contributed by atoms with van der Waals surface area (Å²) in [5.74, 6) is 0. The summed E-state index contributed by atoms with van der Waals surface area (Å²) in [5.41, 5.74) is 0. The van der Waals surface area contributed by atoms with E-state index in [1.165, 1.54) is 13.3 Å². The first-order valence-electron chi connectivity index (χ1n) is 4.23. The summed E-state index contributed by atoms with van der Waals surface area (Å²) in [5, 5.41) is 0. The van der Waals surface area contributed by atoms with Gasteiger partial charge in [0, 0.05) is 0 Å². The third kappa shape index (κ3) is 12200. The third-order valence-corrected chi connectivity index (χ3v) is 0. The summed E-state index contributed by atoms with van der Waals surface area (Å²) < 4.78 is 0. The van der Waals surface area contributed by atoms with Gasteiger partial charge < -0.3 is 4.79 Å². The van der Waals surface area contributed by atoms with Crippen molar-refractivity contribution in [3.63, 3.8) is 0 Å². The van der Waals surface area contributed by atoms with Crippen LogP contribution in [0.5, 0.6) is 0 Å². The summed E-state index contributed by atoms with van der Waals surface area (Å²) in [6.07, 6.45) is 2.00. The number of aldehydes is 1. The van der Waals surface area contributed by atoms with Crippen molar-refractivity contribution in [1.82, 2.24) is 0 Å². The predicted molar refractivity (Wildman–Crippen MR) is 77.3 cm³/mol. The Kier molecular flexibility index (Phi) is 3020. The van der Waals surface area contributed by atoms with Crippen LogP contribution in [0.1, 0.15) is 84.6 Å². The van der Waals surface area contributed by atoms with Crippen molar-refractivity contribution in [2.45, 2.75) is 84.6 Å². The molecule has 0 N–H and O–H groups in total. The van der Waals surface area contributed by atoms with Gasteiger partial charge in [-0.25, -0.2) is 0 Å². The zero-order valence-electron chi connectivity index (χ0n) is 8.69. The van der Waals surface area contributed by atoms with Crippen molar-refractivity contribution in [1.29, 1.82) is 0 Å². The average Bonchev–Trinajstić information content (AvgIpc) is 1.99. The lowest BCUT2D eigenvalue weighted by atomic mass is 10.6. The highest BCUT2D eigenvalue weighted by Gasteiger charge is 1.35. The van der Waals surface area contributed by atoms with Gasteiger partial charge in [0.1, 0.15) is 6.29 Å². The fraction of sp³-hybridized carbons (Fsp3) is 0.923. The molecule has 0 aromatic rings. The minimum atomic E-state index is 0. The van der Waals surface area contributed by atoms with Gasteiger partial charge in [0.05, 0.1) is 0 Å². The quantitative estimate of drug-likeness (QED) is 0.436. The second-order valence-corrected chi connectivity index (χ2v) is 0.943. The minimum Gasteiger partial charge on any atom is -0.304 e. The second-order valence-electron chi connectivity index (χ2n) is 0.943. The average molecular weight is 212 g/mol. The Labute approximate surface area is 96.3 Å². The fourth-order valence-corrected chi connectivity index (χ4v) is 0. The van der Waals surface area contributed by atoms with Crippen molar-refractivity contribution < 1.29 is 4.79 Å². The van der Waals surface area contributed by atoms with Crippen LogP contribution in [0, 0.1) is 0 Å². The molecule has 0 bridgehead atoms. The molecule has 0 aliphatic heterocycles. The molecule has 0 unspecified atom stereocenters. The summed E-state index contributed by atoms with van der Waals surface area (Å²) in [4.78, 5) is 8.81. The Morgan fingerprint density at radius 1 is 0.786 bits per heavy atom. The zero-order valence-corrected chi connectivity index (χ0v) is 8.69. The van der Waals surface area contributed by atoms with E-state index in [4.69, 9.17) is 4.79 Å². The smallest absolute Gasteiger partial charge is 0.116 e. The highest BCUT2D eigenvalue weighted by Crippen LogP contribution is 1.56. The SMILES string of the molecule is C.C.C.C.CC.CC.CC=O.CCC. The lowest BCUT2D eigenvalue weighted by molar-refractivity contribution is -0.106.